The number of benzene rings is 2. The molecule has 0 aliphatic carbocycles. The van der Waals surface area contributed by atoms with E-state index in [4.69, 9.17) is 9.47 Å². The maximum Gasteiger partial charge on any atom is 0.321 e. The molecule has 0 atom stereocenters. The third-order valence-corrected chi connectivity index (χ3v) is 5.96. The second-order valence-electron chi connectivity index (χ2n) is 8.06. The molecule has 2 amide bonds. The van der Waals surface area contributed by atoms with Crippen LogP contribution in [-0.2, 0) is 0 Å². The molecule has 0 saturated carbocycles. The number of urea groups is 1. The van der Waals surface area contributed by atoms with Gasteiger partial charge < -0.3 is 24.6 Å². The lowest BCUT2D eigenvalue weighted by Gasteiger charge is -2.36. The fraction of sp³-hybridized carbons (Fsp3) is 0.280. The summed E-state index contributed by atoms with van der Waals surface area (Å²) in [6.45, 7) is 4.99. The summed E-state index contributed by atoms with van der Waals surface area (Å²) in [5.74, 6) is 3.01. The quantitative estimate of drug-likeness (QED) is 0.457. The summed E-state index contributed by atoms with van der Waals surface area (Å²) in [4.78, 5) is 25.6. The third-order valence-electron chi connectivity index (χ3n) is 5.96. The largest absolute Gasteiger partial charge is 0.497 e. The molecule has 1 fully saturated rings. The predicted molar refractivity (Wildman–Crippen MR) is 133 cm³/mol. The minimum atomic E-state index is -0.121. The fourth-order valence-electron chi connectivity index (χ4n) is 4.17. The van der Waals surface area contributed by atoms with Crippen molar-refractivity contribution in [2.24, 2.45) is 0 Å². The molecule has 1 N–H and O–H groups in total. The number of rotatable bonds is 6. The van der Waals surface area contributed by atoms with E-state index in [1.54, 1.807) is 11.6 Å². The summed E-state index contributed by atoms with van der Waals surface area (Å²) < 4.78 is 12.5. The lowest BCUT2D eigenvalue weighted by Crippen LogP contribution is -2.50. The number of hydrogen-bond acceptors (Lipinski definition) is 7. The van der Waals surface area contributed by atoms with Crippen LogP contribution in [0.2, 0.25) is 0 Å². The molecular weight excluding hydrogens is 446 g/mol. The molecule has 0 radical (unpaired) electrons. The number of carbonyl (C=O) groups excluding carboxylic acids is 1. The summed E-state index contributed by atoms with van der Waals surface area (Å²) in [7, 11) is 1.65. The highest BCUT2D eigenvalue weighted by molar-refractivity contribution is 5.89. The first-order chi connectivity index (χ1) is 17.2. The highest BCUT2D eigenvalue weighted by Gasteiger charge is 2.25. The Morgan fingerprint density at radius 1 is 0.971 bits per heavy atom. The number of amides is 2. The Bertz CT molecular complexity index is 1300. The molecule has 10 nitrogen and oxygen atoms in total. The molecule has 0 bridgehead atoms. The van der Waals surface area contributed by atoms with E-state index < -0.39 is 0 Å². The molecule has 4 aromatic rings. The number of piperazine rings is 1. The first-order valence-electron chi connectivity index (χ1n) is 11.5. The zero-order valence-corrected chi connectivity index (χ0v) is 19.7. The van der Waals surface area contributed by atoms with Crippen LogP contribution >= 0.6 is 0 Å². The predicted octanol–water partition coefficient (Wildman–Crippen LogP) is 3.55. The molecule has 2 aromatic heterocycles. The molecule has 5 rings (SSSR count). The first kappa shape index (κ1) is 22.5. The second kappa shape index (κ2) is 9.88. The molecular formula is C25H27N7O3. The van der Waals surface area contributed by atoms with Crippen LogP contribution in [0.25, 0.3) is 16.9 Å². The zero-order valence-electron chi connectivity index (χ0n) is 19.7. The van der Waals surface area contributed by atoms with Gasteiger partial charge in [-0.1, -0.05) is 12.1 Å². The average Bonchev–Trinajstić information content (AvgIpc) is 3.39. The van der Waals surface area contributed by atoms with Gasteiger partial charge in [0.1, 0.15) is 23.6 Å². The number of ether oxygens (including phenoxy) is 2. The number of hydrogen-bond donors (Lipinski definition) is 1. The van der Waals surface area contributed by atoms with Crippen LogP contribution in [0.15, 0.2) is 61.1 Å². The maximum absolute atomic E-state index is 12.9. The van der Waals surface area contributed by atoms with Gasteiger partial charge in [0.2, 0.25) is 0 Å². The normalized spacial score (nSPS) is 13.7. The maximum atomic E-state index is 12.9. The van der Waals surface area contributed by atoms with Crippen LogP contribution in [0.5, 0.6) is 11.5 Å². The Balaban J connectivity index is 1.32. The molecule has 10 heteroatoms. The van der Waals surface area contributed by atoms with Gasteiger partial charge in [0.05, 0.1) is 13.7 Å². The smallest absolute Gasteiger partial charge is 0.321 e. The van der Waals surface area contributed by atoms with Gasteiger partial charge in [-0.25, -0.2) is 9.78 Å². The van der Waals surface area contributed by atoms with Gasteiger partial charge in [-0.05, 0) is 48.9 Å². The van der Waals surface area contributed by atoms with E-state index >= 15 is 0 Å². The highest BCUT2D eigenvalue weighted by Crippen LogP contribution is 2.32. The van der Waals surface area contributed by atoms with E-state index in [1.165, 1.54) is 6.33 Å². The van der Waals surface area contributed by atoms with Crippen molar-refractivity contribution in [3.05, 3.63) is 61.1 Å². The first-order valence-corrected chi connectivity index (χ1v) is 11.5. The van der Waals surface area contributed by atoms with Crippen molar-refractivity contribution in [2.45, 2.75) is 6.92 Å². The Labute approximate surface area is 203 Å². The Kier molecular flexibility index (Phi) is 6.34. The molecule has 0 unspecified atom stereocenters. The van der Waals surface area contributed by atoms with Crippen LogP contribution < -0.4 is 19.7 Å². The van der Waals surface area contributed by atoms with Crippen molar-refractivity contribution in [1.82, 2.24) is 24.5 Å². The van der Waals surface area contributed by atoms with Gasteiger partial charge >= 0.3 is 6.03 Å². The highest BCUT2D eigenvalue weighted by atomic mass is 16.5. The number of nitrogens with one attached hydrogen (secondary N) is 1. The summed E-state index contributed by atoms with van der Waals surface area (Å²) >= 11 is 0. The van der Waals surface area contributed by atoms with Gasteiger partial charge in [0, 0.05) is 43.6 Å². The van der Waals surface area contributed by atoms with Crippen molar-refractivity contribution >= 4 is 23.3 Å². The number of methoxy groups -OCH3 is 1. The van der Waals surface area contributed by atoms with Crippen molar-refractivity contribution in [3.8, 4) is 22.6 Å². The van der Waals surface area contributed by atoms with Gasteiger partial charge in [-0.2, -0.15) is 14.6 Å². The Hall–Kier alpha value is -4.34. The molecule has 0 spiro atoms. The molecule has 2 aromatic carbocycles. The minimum Gasteiger partial charge on any atom is -0.497 e. The molecule has 1 aliphatic heterocycles. The van der Waals surface area contributed by atoms with Crippen LogP contribution in [-0.4, -0.2) is 70.4 Å². The molecule has 1 aliphatic rings. The second-order valence-corrected chi connectivity index (χ2v) is 8.06. The number of aromatic nitrogens is 4. The van der Waals surface area contributed by atoms with Crippen molar-refractivity contribution in [1.29, 1.82) is 0 Å². The Morgan fingerprint density at radius 3 is 2.37 bits per heavy atom. The standard InChI is InChI=1S/C25H27N7O3/c1-3-35-21-10-6-19(7-11-21)29-25(33)31-14-12-30(13-15-31)23-22(16-26-24-27-17-28-32(23)24)18-4-8-20(34-2)9-5-18/h4-11,16-17H,3,12-15H2,1-2H3,(H,29,33). The van der Waals surface area contributed by atoms with Gasteiger partial charge in [0.15, 0.2) is 0 Å². The summed E-state index contributed by atoms with van der Waals surface area (Å²) in [5.41, 5.74) is 2.68. The van der Waals surface area contributed by atoms with Crippen LogP contribution in [0.4, 0.5) is 16.3 Å². The minimum absolute atomic E-state index is 0.121. The van der Waals surface area contributed by atoms with E-state index in [-0.39, 0.29) is 6.03 Å². The van der Waals surface area contributed by atoms with E-state index in [9.17, 15) is 4.79 Å². The van der Waals surface area contributed by atoms with Gasteiger partial charge in [-0.3, -0.25) is 0 Å². The van der Waals surface area contributed by atoms with E-state index in [2.05, 4.69) is 25.3 Å². The van der Waals surface area contributed by atoms with Gasteiger partial charge in [-0.15, -0.1) is 0 Å². The topological polar surface area (TPSA) is 97.1 Å². The molecule has 1 saturated heterocycles. The number of fused-ring (bicyclic) bond motifs is 1. The molecule has 3 heterocycles. The number of anilines is 2. The van der Waals surface area contributed by atoms with Crippen molar-refractivity contribution in [2.75, 3.05) is 50.1 Å². The average molecular weight is 474 g/mol. The van der Waals surface area contributed by atoms with Crippen molar-refractivity contribution < 1.29 is 14.3 Å². The fourth-order valence-corrected chi connectivity index (χ4v) is 4.17. The van der Waals surface area contributed by atoms with E-state index in [0.29, 0.717) is 38.6 Å². The van der Waals surface area contributed by atoms with Gasteiger partial charge in [0.25, 0.3) is 5.78 Å². The monoisotopic (exact) mass is 473 g/mol. The van der Waals surface area contributed by atoms with Crippen LogP contribution in [0.1, 0.15) is 6.92 Å². The van der Waals surface area contributed by atoms with Crippen molar-refractivity contribution in [3.63, 3.8) is 0 Å². The van der Waals surface area contributed by atoms with Crippen LogP contribution in [0, 0.1) is 0 Å². The lowest BCUT2D eigenvalue weighted by molar-refractivity contribution is 0.208. The third kappa shape index (κ3) is 4.68. The lowest BCUT2D eigenvalue weighted by atomic mass is 10.1. The number of nitrogens with zero attached hydrogens (tertiary/aromatic N) is 6. The summed E-state index contributed by atoms with van der Waals surface area (Å²) in [5, 5.41) is 7.39. The SMILES string of the molecule is CCOc1ccc(NC(=O)N2CCN(c3c(-c4ccc(OC)cc4)cnc4ncnn34)CC2)cc1. The number of carbonyl (C=O) groups is 1. The summed E-state index contributed by atoms with van der Waals surface area (Å²) in [6, 6.07) is 15.1. The summed E-state index contributed by atoms with van der Waals surface area (Å²) in [6.07, 6.45) is 3.33. The zero-order chi connectivity index (χ0) is 24.2. The molecule has 35 heavy (non-hydrogen) atoms. The van der Waals surface area contributed by atoms with E-state index in [0.717, 1.165) is 34.1 Å². The Morgan fingerprint density at radius 2 is 1.69 bits per heavy atom. The van der Waals surface area contributed by atoms with Crippen LogP contribution in [0.3, 0.4) is 0 Å². The molecule has 180 valence electrons. The van der Waals surface area contributed by atoms with E-state index in [1.807, 2.05) is 66.6 Å².